The fourth-order valence-electron chi connectivity index (χ4n) is 3.18. The molecule has 1 aliphatic rings. The van der Waals surface area contributed by atoms with Gasteiger partial charge in [0, 0.05) is 36.6 Å². The highest BCUT2D eigenvalue weighted by molar-refractivity contribution is 5.70. The molecular weight excluding hydrogens is 268 g/mol. The van der Waals surface area contributed by atoms with Gasteiger partial charge in [-0.05, 0) is 30.4 Å². The molecule has 2 heteroatoms. The Morgan fingerprint density at radius 1 is 1.45 bits per heavy atom. The number of rotatable bonds is 8. The van der Waals surface area contributed by atoms with Crippen LogP contribution >= 0.6 is 0 Å². The average molecular weight is 296 g/mol. The second-order valence-electron chi connectivity index (χ2n) is 5.96. The maximum absolute atomic E-state index is 4.33. The Hall–Kier alpha value is -1.96. The summed E-state index contributed by atoms with van der Waals surface area (Å²) >= 11 is 0. The molecule has 0 saturated carbocycles. The highest BCUT2D eigenvalue weighted by Crippen LogP contribution is 2.36. The van der Waals surface area contributed by atoms with Crippen molar-refractivity contribution in [1.82, 2.24) is 10.2 Å². The van der Waals surface area contributed by atoms with E-state index in [0.717, 1.165) is 37.2 Å². The van der Waals surface area contributed by atoms with E-state index in [2.05, 4.69) is 55.1 Å². The molecule has 0 aliphatic carbocycles. The molecule has 0 aromatic heterocycles. The predicted octanol–water partition coefficient (Wildman–Crippen LogP) is 4.49. The Morgan fingerprint density at radius 3 is 2.86 bits per heavy atom. The summed E-state index contributed by atoms with van der Waals surface area (Å²) in [4.78, 5) is 2.39. The lowest BCUT2D eigenvalue weighted by molar-refractivity contribution is 0.330. The first kappa shape index (κ1) is 16.4. The van der Waals surface area contributed by atoms with Crippen molar-refractivity contribution in [3.63, 3.8) is 0 Å². The maximum atomic E-state index is 4.33. The van der Waals surface area contributed by atoms with Crippen molar-refractivity contribution >= 4 is 5.70 Å². The molecule has 0 bridgehead atoms. The fraction of sp³-hybridized carbons (Fsp3) is 0.400. The predicted molar refractivity (Wildman–Crippen MR) is 96.4 cm³/mol. The minimum Gasteiger partial charge on any atom is -0.392 e. The molecule has 1 atom stereocenters. The first-order valence-corrected chi connectivity index (χ1v) is 8.17. The zero-order valence-electron chi connectivity index (χ0n) is 14.0. The molecule has 1 aromatic rings. The summed E-state index contributed by atoms with van der Waals surface area (Å²) in [6.07, 6.45) is 6.32. The van der Waals surface area contributed by atoms with E-state index >= 15 is 0 Å². The molecule has 1 aliphatic heterocycles. The summed E-state index contributed by atoms with van der Waals surface area (Å²) < 4.78 is 0. The van der Waals surface area contributed by atoms with Gasteiger partial charge >= 0.3 is 0 Å². The minimum atomic E-state index is 0.305. The Bertz CT molecular complexity index is 571. The molecule has 0 fully saturated rings. The van der Waals surface area contributed by atoms with E-state index in [1.807, 2.05) is 13.1 Å². The normalized spacial score (nSPS) is 14.6. The molecule has 0 spiro atoms. The summed E-state index contributed by atoms with van der Waals surface area (Å²) in [5.41, 5.74) is 6.43. The van der Waals surface area contributed by atoms with Crippen LogP contribution in [0.2, 0.25) is 0 Å². The second kappa shape index (κ2) is 7.35. The van der Waals surface area contributed by atoms with E-state index in [-0.39, 0.29) is 0 Å². The number of nitrogens with one attached hydrogen (secondary N) is 1. The van der Waals surface area contributed by atoms with Crippen molar-refractivity contribution < 1.29 is 0 Å². The third-order valence-corrected chi connectivity index (χ3v) is 4.55. The van der Waals surface area contributed by atoms with Crippen LogP contribution in [-0.4, -0.2) is 18.0 Å². The molecule has 2 rings (SSSR count). The summed E-state index contributed by atoms with van der Waals surface area (Å²) in [5, 5.41) is 3.12. The lowest BCUT2D eigenvalue weighted by Crippen LogP contribution is -2.28. The third-order valence-electron chi connectivity index (χ3n) is 4.55. The summed E-state index contributed by atoms with van der Waals surface area (Å²) in [6, 6.07) is 6.91. The molecule has 0 radical (unpaired) electrons. The van der Waals surface area contributed by atoms with E-state index in [0.29, 0.717) is 6.04 Å². The van der Waals surface area contributed by atoms with E-state index in [1.54, 1.807) is 0 Å². The first-order chi connectivity index (χ1) is 10.6. The number of benzene rings is 1. The fourth-order valence-corrected chi connectivity index (χ4v) is 3.18. The quantitative estimate of drug-likeness (QED) is 0.711. The van der Waals surface area contributed by atoms with Crippen LogP contribution in [0.4, 0.5) is 0 Å². The van der Waals surface area contributed by atoms with Crippen LogP contribution in [0.15, 0.2) is 49.7 Å². The van der Waals surface area contributed by atoms with E-state index in [9.17, 15) is 0 Å². The van der Waals surface area contributed by atoms with Gasteiger partial charge in [-0.25, -0.2) is 0 Å². The number of nitrogens with zero attached hydrogens (tertiary/aromatic N) is 1. The average Bonchev–Trinajstić information content (AvgIpc) is 2.86. The SMILES string of the molecule is C=CC(CCC(=C)NC)N1Cc2c(CCC)cccc2C1=C. The second-order valence-corrected chi connectivity index (χ2v) is 5.96. The van der Waals surface area contributed by atoms with Gasteiger partial charge in [0.1, 0.15) is 0 Å². The molecular formula is C20H28N2. The zero-order chi connectivity index (χ0) is 16.1. The van der Waals surface area contributed by atoms with Crippen LogP contribution in [0.25, 0.3) is 5.70 Å². The highest BCUT2D eigenvalue weighted by Gasteiger charge is 2.28. The van der Waals surface area contributed by atoms with Crippen molar-refractivity contribution in [3.05, 3.63) is 66.4 Å². The summed E-state index contributed by atoms with van der Waals surface area (Å²) in [7, 11) is 1.92. The van der Waals surface area contributed by atoms with Crippen LogP contribution < -0.4 is 5.32 Å². The van der Waals surface area contributed by atoms with Crippen molar-refractivity contribution in [1.29, 1.82) is 0 Å². The van der Waals surface area contributed by atoms with Gasteiger partial charge in [-0.15, -0.1) is 6.58 Å². The maximum Gasteiger partial charge on any atom is 0.0477 e. The van der Waals surface area contributed by atoms with Crippen LogP contribution in [0.3, 0.4) is 0 Å². The lowest BCUT2D eigenvalue weighted by atomic mass is 9.99. The van der Waals surface area contributed by atoms with Gasteiger partial charge in [0.2, 0.25) is 0 Å². The number of hydrogen-bond acceptors (Lipinski definition) is 2. The molecule has 1 heterocycles. The minimum absolute atomic E-state index is 0.305. The van der Waals surface area contributed by atoms with Crippen molar-refractivity contribution in [2.24, 2.45) is 0 Å². The Morgan fingerprint density at radius 2 is 2.23 bits per heavy atom. The third kappa shape index (κ3) is 3.27. The first-order valence-electron chi connectivity index (χ1n) is 8.17. The van der Waals surface area contributed by atoms with Gasteiger partial charge < -0.3 is 10.2 Å². The smallest absolute Gasteiger partial charge is 0.0477 e. The monoisotopic (exact) mass is 296 g/mol. The molecule has 1 unspecified atom stereocenters. The van der Waals surface area contributed by atoms with E-state index in [1.165, 1.54) is 23.1 Å². The van der Waals surface area contributed by atoms with Gasteiger partial charge in [-0.3, -0.25) is 0 Å². The number of aryl methyl sites for hydroxylation is 1. The van der Waals surface area contributed by atoms with Crippen LogP contribution in [0.1, 0.15) is 42.9 Å². The van der Waals surface area contributed by atoms with Crippen molar-refractivity contribution in [3.8, 4) is 0 Å². The Balaban J connectivity index is 2.17. The molecule has 22 heavy (non-hydrogen) atoms. The van der Waals surface area contributed by atoms with Crippen LogP contribution in [0.5, 0.6) is 0 Å². The highest BCUT2D eigenvalue weighted by atomic mass is 15.2. The summed E-state index contributed by atoms with van der Waals surface area (Å²) in [5.74, 6) is 0. The molecule has 0 amide bonds. The van der Waals surface area contributed by atoms with E-state index < -0.39 is 0 Å². The van der Waals surface area contributed by atoms with Crippen LogP contribution in [-0.2, 0) is 13.0 Å². The number of fused-ring (bicyclic) bond motifs is 1. The summed E-state index contributed by atoms with van der Waals surface area (Å²) in [6.45, 7) is 15.6. The molecule has 2 nitrogen and oxygen atoms in total. The van der Waals surface area contributed by atoms with Gasteiger partial charge in [-0.2, -0.15) is 0 Å². The van der Waals surface area contributed by atoms with Gasteiger partial charge in [0.05, 0.1) is 0 Å². The molecule has 1 N–H and O–H groups in total. The van der Waals surface area contributed by atoms with Crippen molar-refractivity contribution in [2.45, 2.75) is 45.2 Å². The number of hydrogen-bond donors (Lipinski definition) is 1. The van der Waals surface area contributed by atoms with Crippen LogP contribution in [0, 0.1) is 0 Å². The number of allylic oxidation sites excluding steroid dienone is 1. The van der Waals surface area contributed by atoms with Gasteiger partial charge in [0.15, 0.2) is 0 Å². The largest absolute Gasteiger partial charge is 0.392 e. The van der Waals surface area contributed by atoms with E-state index in [4.69, 9.17) is 0 Å². The zero-order valence-corrected chi connectivity index (χ0v) is 14.0. The Labute approximate surface area is 135 Å². The molecule has 118 valence electrons. The topological polar surface area (TPSA) is 15.3 Å². The molecule has 1 aromatic carbocycles. The Kier molecular flexibility index (Phi) is 5.48. The van der Waals surface area contributed by atoms with Crippen molar-refractivity contribution in [2.75, 3.05) is 7.05 Å². The standard InChI is InChI=1S/C20H28N2/c1-6-9-17-10-8-11-19-16(4)22(14-20(17)19)18(7-2)13-12-15(3)21-5/h7-8,10-11,18,21H,2-4,6,9,12-14H2,1,5H3. The van der Waals surface area contributed by atoms with Gasteiger partial charge in [0.25, 0.3) is 0 Å². The lowest BCUT2D eigenvalue weighted by Gasteiger charge is -2.28. The molecule has 0 saturated heterocycles. The van der Waals surface area contributed by atoms with Gasteiger partial charge in [-0.1, -0.05) is 50.8 Å².